The minimum Gasteiger partial charge on any atom is -0.313 e. The Balaban J connectivity index is 2.25. The standard InChI is InChI=1S/C14H21N/c1-14(2,3)13-10-12-7-5-4-6-11(12)8-9-15-13/h4-7,13,15H,8-10H2,1-3H3. The monoisotopic (exact) mass is 203 g/mol. The van der Waals surface area contributed by atoms with Crippen LogP contribution in [0.4, 0.5) is 0 Å². The lowest BCUT2D eigenvalue weighted by Gasteiger charge is -2.30. The highest BCUT2D eigenvalue weighted by Gasteiger charge is 2.26. The van der Waals surface area contributed by atoms with Crippen LogP contribution < -0.4 is 5.32 Å². The van der Waals surface area contributed by atoms with Crippen molar-refractivity contribution in [1.29, 1.82) is 0 Å². The highest BCUT2D eigenvalue weighted by Crippen LogP contribution is 2.25. The Labute approximate surface area is 92.9 Å². The molecule has 1 nitrogen and oxygen atoms in total. The predicted octanol–water partition coefficient (Wildman–Crippen LogP) is 2.79. The molecule has 1 aromatic carbocycles. The van der Waals surface area contributed by atoms with Gasteiger partial charge in [0.2, 0.25) is 0 Å². The van der Waals surface area contributed by atoms with Gasteiger partial charge in [-0.25, -0.2) is 0 Å². The minimum atomic E-state index is 0.345. The van der Waals surface area contributed by atoms with Gasteiger partial charge in [0.25, 0.3) is 0 Å². The fourth-order valence-corrected chi connectivity index (χ4v) is 2.29. The zero-order chi connectivity index (χ0) is 10.9. The topological polar surface area (TPSA) is 12.0 Å². The average Bonchev–Trinajstić information content (AvgIpc) is 2.38. The maximum atomic E-state index is 3.67. The van der Waals surface area contributed by atoms with Crippen LogP contribution in [0.25, 0.3) is 0 Å². The van der Waals surface area contributed by atoms with Crippen LogP contribution in [0.3, 0.4) is 0 Å². The molecule has 1 aliphatic heterocycles. The number of benzene rings is 1. The highest BCUT2D eigenvalue weighted by molar-refractivity contribution is 5.29. The van der Waals surface area contributed by atoms with Gasteiger partial charge in [-0.15, -0.1) is 0 Å². The Bertz CT molecular complexity index is 335. The molecular formula is C14H21N. The van der Waals surface area contributed by atoms with Crippen LogP contribution in [0.1, 0.15) is 31.9 Å². The van der Waals surface area contributed by atoms with E-state index in [1.165, 1.54) is 24.0 Å². The molecule has 82 valence electrons. The first-order chi connectivity index (χ1) is 7.07. The summed E-state index contributed by atoms with van der Waals surface area (Å²) in [6.07, 6.45) is 2.34. The molecule has 0 amide bonds. The number of hydrogen-bond acceptors (Lipinski definition) is 1. The molecule has 0 spiro atoms. The van der Waals surface area contributed by atoms with Crippen molar-refractivity contribution in [1.82, 2.24) is 5.32 Å². The molecule has 1 aliphatic rings. The van der Waals surface area contributed by atoms with Crippen molar-refractivity contribution in [2.75, 3.05) is 6.54 Å². The number of rotatable bonds is 0. The third-order valence-corrected chi connectivity index (χ3v) is 3.37. The quantitative estimate of drug-likeness (QED) is 0.683. The maximum absolute atomic E-state index is 3.67. The summed E-state index contributed by atoms with van der Waals surface area (Å²) in [5.74, 6) is 0. The second kappa shape index (κ2) is 3.97. The fourth-order valence-electron chi connectivity index (χ4n) is 2.29. The number of hydrogen-bond donors (Lipinski definition) is 1. The van der Waals surface area contributed by atoms with E-state index in [0.29, 0.717) is 11.5 Å². The molecule has 0 fully saturated rings. The number of nitrogens with one attached hydrogen (secondary N) is 1. The highest BCUT2D eigenvalue weighted by atomic mass is 14.9. The van der Waals surface area contributed by atoms with E-state index < -0.39 is 0 Å². The second-order valence-electron chi connectivity index (χ2n) is 5.60. The molecule has 1 N–H and O–H groups in total. The zero-order valence-corrected chi connectivity index (χ0v) is 10.0. The van der Waals surface area contributed by atoms with Crippen LogP contribution >= 0.6 is 0 Å². The van der Waals surface area contributed by atoms with E-state index in [4.69, 9.17) is 0 Å². The SMILES string of the molecule is CC(C)(C)C1Cc2ccccc2CCN1. The lowest BCUT2D eigenvalue weighted by molar-refractivity contribution is 0.272. The van der Waals surface area contributed by atoms with Gasteiger partial charge in [-0.3, -0.25) is 0 Å². The van der Waals surface area contributed by atoms with Gasteiger partial charge in [0.05, 0.1) is 0 Å². The van der Waals surface area contributed by atoms with Crippen LogP contribution in [-0.4, -0.2) is 12.6 Å². The Morgan fingerprint density at radius 2 is 1.80 bits per heavy atom. The van der Waals surface area contributed by atoms with Gasteiger partial charge in [-0.05, 0) is 35.9 Å². The molecular weight excluding hydrogens is 182 g/mol. The molecule has 1 aromatic rings. The van der Waals surface area contributed by atoms with Crippen molar-refractivity contribution >= 4 is 0 Å². The smallest absolute Gasteiger partial charge is 0.0156 e. The zero-order valence-electron chi connectivity index (χ0n) is 10.0. The third kappa shape index (κ3) is 2.40. The van der Waals surface area contributed by atoms with E-state index in [-0.39, 0.29) is 0 Å². The van der Waals surface area contributed by atoms with E-state index >= 15 is 0 Å². The van der Waals surface area contributed by atoms with Crippen molar-refractivity contribution in [3.8, 4) is 0 Å². The summed E-state index contributed by atoms with van der Waals surface area (Å²) in [6, 6.07) is 9.45. The Morgan fingerprint density at radius 3 is 2.47 bits per heavy atom. The van der Waals surface area contributed by atoms with Crippen molar-refractivity contribution < 1.29 is 0 Å². The molecule has 0 radical (unpaired) electrons. The Hall–Kier alpha value is -0.820. The van der Waals surface area contributed by atoms with Crippen molar-refractivity contribution in [2.45, 2.75) is 39.7 Å². The summed E-state index contributed by atoms with van der Waals surface area (Å²) in [5, 5.41) is 3.67. The van der Waals surface area contributed by atoms with E-state index in [1.54, 1.807) is 0 Å². The van der Waals surface area contributed by atoms with Crippen molar-refractivity contribution in [3.05, 3.63) is 35.4 Å². The van der Waals surface area contributed by atoms with E-state index in [0.717, 1.165) is 6.54 Å². The van der Waals surface area contributed by atoms with E-state index in [9.17, 15) is 0 Å². The molecule has 0 aliphatic carbocycles. The van der Waals surface area contributed by atoms with Gasteiger partial charge in [0.15, 0.2) is 0 Å². The normalized spacial score (nSPS) is 21.9. The number of fused-ring (bicyclic) bond motifs is 1. The van der Waals surface area contributed by atoms with Gasteiger partial charge in [-0.1, -0.05) is 45.0 Å². The van der Waals surface area contributed by atoms with Gasteiger partial charge >= 0.3 is 0 Å². The van der Waals surface area contributed by atoms with E-state index in [2.05, 4.69) is 50.4 Å². The molecule has 1 unspecified atom stereocenters. The largest absolute Gasteiger partial charge is 0.313 e. The van der Waals surface area contributed by atoms with Crippen LogP contribution in [0.2, 0.25) is 0 Å². The summed E-state index contributed by atoms with van der Waals surface area (Å²) in [6.45, 7) is 8.06. The molecule has 2 rings (SSSR count). The average molecular weight is 203 g/mol. The van der Waals surface area contributed by atoms with E-state index in [1.807, 2.05) is 0 Å². The molecule has 0 saturated carbocycles. The lowest BCUT2D eigenvalue weighted by atomic mass is 9.83. The van der Waals surface area contributed by atoms with Crippen molar-refractivity contribution in [2.24, 2.45) is 5.41 Å². The summed E-state index contributed by atoms with van der Waals surface area (Å²) in [4.78, 5) is 0. The Kier molecular flexibility index (Phi) is 2.83. The molecule has 1 heteroatoms. The first kappa shape index (κ1) is 10.7. The fraction of sp³-hybridized carbons (Fsp3) is 0.571. The van der Waals surface area contributed by atoms with Crippen molar-refractivity contribution in [3.63, 3.8) is 0 Å². The van der Waals surface area contributed by atoms with Crippen LogP contribution in [0, 0.1) is 5.41 Å². The predicted molar refractivity (Wildman–Crippen MR) is 65.1 cm³/mol. The maximum Gasteiger partial charge on any atom is 0.0156 e. The molecule has 1 heterocycles. The second-order valence-corrected chi connectivity index (χ2v) is 5.60. The first-order valence-electron chi connectivity index (χ1n) is 5.87. The molecule has 0 aromatic heterocycles. The van der Waals surface area contributed by atoms with Gasteiger partial charge in [0, 0.05) is 6.04 Å². The molecule has 0 saturated heterocycles. The molecule has 0 bridgehead atoms. The first-order valence-corrected chi connectivity index (χ1v) is 5.87. The minimum absolute atomic E-state index is 0.345. The summed E-state index contributed by atoms with van der Waals surface area (Å²) >= 11 is 0. The van der Waals surface area contributed by atoms with Gasteiger partial charge in [0.1, 0.15) is 0 Å². The van der Waals surface area contributed by atoms with Crippen LogP contribution in [-0.2, 0) is 12.8 Å². The Morgan fingerprint density at radius 1 is 1.13 bits per heavy atom. The summed E-state index contributed by atoms with van der Waals surface area (Å²) in [5.41, 5.74) is 3.40. The third-order valence-electron chi connectivity index (χ3n) is 3.37. The molecule has 15 heavy (non-hydrogen) atoms. The van der Waals surface area contributed by atoms with Gasteiger partial charge in [-0.2, -0.15) is 0 Å². The van der Waals surface area contributed by atoms with Crippen LogP contribution in [0.15, 0.2) is 24.3 Å². The van der Waals surface area contributed by atoms with Crippen LogP contribution in [0.5, 0.6) is 0 Å². The lowest BCUT2D eigenvalue weighted by Crippen LogP contribution is -2.41. The summed E-state index contributed by atoms with van der Waals surface area (Å²) in [7, 11) is 0. The molecule has 1 atom stereocenters. The summed E-state index contributed by atoms with van der Waals surface area (Å²) < 4.78 is 0. The van der Waals surface area contributed by atoms with Gasteiger partial charge < -0.3 is 5.32 Å².